The number of aromatic nitrogens is 2. The van der Waals surface area contributed by atoms with Gasteiger partial charge in [-0.2, -0.15) is 0 Å². The number of imidazole rings is 1. The van der Waals surface area contributed by atoms with Gasteiger partial charge in [0, 0.05) is 60.9 Å². The molecular weight excluding hydrogens is 682 g/mol. The minimum atomic E-state index is 0.572. The normalized spacial score (nSPS) is 11.8. The van der Waals surface area contributed by atoms with Crippen molar-refractivity contribution in [2.24, 2.45) is 0 Å². The highest BCUT2D eigenvalue weighted by Crippen LogP contribution is 2.37. The predicted octanol–water partition coefficient (Wildman–Crippen LogP) is 9.84. The van der Waals surface area contributed by atoms with E-state index in [1.165, 1.54) is 11.1 Å². The van der Waals surface area contributed by atoms with Crippen LogP contribution in [0.25, 0.3) is 22.4 Å². The van der Waals surface area contributed by atoms with Gasteiger partial charge in [-0.15, -0.1) is 0 Å². The molecule has 0 aliphatic heterocycles. The van der Waals surface area contributed by atoms with Crippen LogP contribution in [0.15, 0.2) is 54.6 Å². The molecule has 1 heterocycles. The fourth-order valence-corrected chi connectivity index (χ4v) is 6.85. The van der Waals surface area contributed by atoms with Crippen molar-refractivity contribution in [1.29, 1.82) is 0 Å². The van der Waals surface area contributed by atoms with E-state index >= 15 is 0 Å². The summed E-state index contributed by atoms with van der Waals surface area (Å²) in [4.78, 5) is 12.6. The first-order valence-electron chi connectivity index (χ1n) is 20.3. The van der Waals surface area contributed by atoms with Gasteiger partial charge in [0.25, 0.3) is 0 Å². The van der Waals surface area contributed by atoms with Crippen LogP contribution >= 0.6 is 11.6 Å². The molecule has 0 saturated carbocycles. The van der Waals surface area contributed by atoms with Crippen LogP contribution < -0.4 is 14.2 Å². The number of aryl methyl sites for hydroxylation is 1. The topological polar surface area (TPSA) is 55.2 Å². The molecule has 0 unspecified atom stereocenters. The SMILES string of the molecule is CCCCn1c(-c2ccc(CN(CC)CC)c(OCCc3ccc(Cl)cc3)c2)nc2c(OCCCN(CC)CC)cc(OCCCN(CC)CC)cc21. The molecule has 53 heavy (non-hydrogen) atoms. The maximum absolute atomic E-state index is 6.60. The Morgan fingerprint density at radius 3 is 1.89 bits per heavy atom. The van der Waals surface area contributed by atoms with Crippen molar-refractivity contribution in [3.8, 4) is 28.6 Å². The molecule has 292 valence electrons. The zero-order valence-corrected chi connectivity index (χ0v) is 34.5. The zero-order chi connectivity index (χ0) is 38.0. The van der Waals surface area contributed by atoms with E-state index in [2.05, 4.69) is 110 Å². The Hall–Kier alpha value is -3.30. The van der Waals surface area contributed by atoms with Gasteiger partial charge in [0.05, 0.1) is 25.3 Å². The second-order valence-electron chi connectivity index (χ2n) is 13.7. The maximum atomic E-state index is 6.60. The number of nitrogens with zero attached hydrogens (tertiary/aromatic N) is 5. The van der Waals surface area contributed by atoms with Crippen LogP contribution in [0.1, 0.15) is 85.3 Å². The van der Waals surface area contributed by atoms with Gasteiger partial charge in [0.1, 0.15) is 22.8 Å². The van der Waals surface area contributed by atoms with Crippen LogP contribution in [-0.2, 0) is 19.5 Å². The van der Waals surface area contributed by atoms with Gasteiger partial charge in [0.2, 0.25) is 0 Å². The standard InChI is InChI=1S/C44H66ClN5O3/c1-8-15-27-50-40-32-39(51-28-16-25-47(9-2)10-3)33-42(52-29-17-26-48(11-4)12-5)43(40)46-44(50)36-20-21-37(34-49(13-6)14-7)41(31-36)53-30-24-35-18-22-38(45)23-19-35/h18-23,31-33H,8-17,24-30,34H2,1-7H3. The summed E-state index contributed by atoms with van der Waals surface area (Å²) in [5.41, 5.74) is 5.35. The first-order chi connectivity index (χ1) is 25.9. The lowest BCUT2D eigenvalue weighted by molar-refractivity contribution is 0.243. The van der Waals surface area contributed by atoms with Crippen molar-refractivity contribution >= 4 is 22.6 Å². The molecule has 3 aromatic carbocycles. The van der Waals surface area contributed by atoms with Gasteiger partial charge in [0.15, 0.2) is 5.75 Å². The first-order valence-corrected chi connectivity index (χ1v) is 20.7. The van der Waals surface area contributed by atoms with Crippen LogP contribution in [0.2, 0.25) is 5.02 Å². The molecule has 4 rings (SSSR count). The fourth-order valence-electron chi connectivity index (χ4n) is 6.73. The van der Waals surface area contributed by atoms with Crippen molar-refractivity contribution in [1.82, 2.24) is 24.3 Å². The average molecular weight is 748 g/mol. The molecular formula is C44H66ClN5O3. The fraction of sp³-hybridized carbons (Fsp3) is 0.568. The Morgan fingerprint density at radius 1 is 0.642 bits per heavy atom. The van der Waals surface area contributed by atoms with Crippen LogP contribution in [-0.4, -0.2) is 96.4 Å². The summed E-state index contributed by atoms with van der Waals surface area (Å²) in [6.45, 7) is 27.2. The highest BCUT2D eigenvalue weighted by molar-refractivity contribution is 6.30. The lowest BCUT2D eigenvalue weighted by atomic mass is 10.1. The van der Waals surface area contributed by atoms with Crippen LogP contribution in [0.5, 0.6) is 17.2 Å². The molecule has 8 nitrogen and oxygen atoms in total. The molecule has 0 bridgehead atoms. The Bertz CT molecular complexity index is 1630. The van der Waals surface area contributed by atoms with Gasteiger partial charge >= 0.3 is 0 Å². The van der Waals surface area contributed by atoms with Crippen LogP contribution in [0.3, 0.4) is 0 Å². The van der Waals surface area contributed by atoms with Gasteiger partial charge in [-0.25, -0.2) is 4.98 Å². The largest absolute Gasteiger partial charge is 0.493 e. The number of hydrogen-bond acceptors (Lipinski definition) is 7. The Morgan fingerprint density at radius 2 is 1.26 bits per heavy atom. The molecule has 9 heteroatoms. The monoisotopic (exact) mass is 747 g/mol. The number of benzene rings is 3. The van der Waals surface area contributed by atoms with E-state index in [9.17, 15) is 0 Å². The predicted molar refractivity (Wildman–Crippen MR) is 223 cm³/mol. The number of hydrogen-bond donors (Lipinski definition) is 0. The first kappa shape index (κ1) is 42.4. The second-order valence-corrected chi connectivity index (χ2v) is 14.1. The van der Waals surface area contributed by atoms with E-state index in [1.54, 1.807) is 0 Å². The molecule has 0 aliphatic carbocycles. The lowest BCUT2D eigenvalue weighted by Gasteiger charge is -2.21. The van der Waals surface area contributed by atoms with Gasteiger partial charge in [-0.05, 0) is 82.3 Å². The van der Waals surface area contributed by atoms with Gasteiger partial charge in [-0.1, -0.05) is 90.8 Å². The number of unbranched alkanes of at least 4 members (excludes halogenated alkanes) is 1. The molecule has 0 spiro atoms. The minimum absolute atomic E-state index is 0.572. The number of rotatable bonds is 26. The summed E-state index contributed by atoms with van der Waals surface area (Å²) >= 11 is 6.15. The van der Waals surface area contributed by atoms with Crippen molar-refractivity contribution < 1.29 is 14.2 Å². The van der Waals surface area contributed by atoms with E-state index in [0.29, 0.717) is 19.8 Å². The average Bonchev–Trinajstić information content (AvgIpc) is 3.55. The summed E-state index contributed by atoms with van der Waals surface area (Å²) in [5.74, 6) is 3.45. The molecule has 4 aromatic rings. The van der Waals surface area contributed by atoms with Crippen molar-refractivity contribution in [3.05, 3.63) is 70.7 Å². The Kier molecular flexibility index (Phi) is 18.3. The highest BCUT2D eigenvalue weighted by atomic mass is 35.5. The third kappa shape index (κ3) is 12.6. The molecule has 0 saturated heterocycles. The molecule has 1 aromatic heterocycles. The molecule has 0 radical (unpaired) electrons. The summed E-state index contributed by atoms with van der Waals surface area (Å²) < 4.78 is 22.0. The Balaban J connectivity index is 1.72. The molecule has 0 amide bonds. The maximum Gasteiger partial charge on any atom is 0.150 e. The highest BCUT2D eigenvalue weighted by Gasteiger charge is 2.20. The summed E-state index contributed by atoms with van der Waals surface area (Å²) in [6, 6.07) is 18.9. The minimum Gasteiger partial charge on any atom is -0.493 e. The van der Waals surface area contributed by atoms with Crippen LogP contribution in [0, 0.1) is 0 Å². The van der Waals surface area contributed by atoms with Crippen LogP contribution in [0.4, 0.5) is 0 Å². The third-order valence-electron chi connectivity index (χ3n) is 10.3. The lowest BCUT2D eigenvalue weighted by Crippen LogP contribution is -2.25. The van der Waals surface area contributed by atoms with Gasteiger partial charge in [-0.3, -0.25) is 4.90 Å². The number of halogens is 1. The second kappa shape index (κ2) is 22.8. The summed E-state index contributed by atoms with van der Waals surface area (Å²) in [5, 5.41) is 0.747. The zero-order valence-electron chi connectivity index (χ0n) is 33.8. The van der Waals surface area contributed by atoms with Crippen molar-refractivity contribution in [3.63, 3.8) is 0 Å². The van der Waals surface area contributed by atoms with E-state index in [0.717, 1.165) is 142 Å². The molecule has 0 fully saturated rings. The summed E-state index contributed by atoms with van der Waals surface area (Å²) in [7, 11) is 0. The van der Waals surface area contributed by atoms with E-state index in [4.69, 9.17) is 30.8 Å². The number of ether oxygens (including phenoxy) is 3. The van der Waals surface area contributed by atoms with Crippen molar-refractivity contribution in [2.45, 2.75) is 93.7 Å². The molecule has 0 aliphatic rings. The number of fused-ring (bicyclic) bond motifs is 1. The van der Waals surface area contributed by atoms with Gasteiger partial charge < -0.3 is 28.6 Å². The van der Waals surface area contributed by atoms with E-state index in [-0.39, 0.29) is 0 Å². The van der Waals surface area contributed by atoms with E-state index < -0.39 is 0 Å². The Labute approximate surface area is 325 Å². The third-order valence-corrected chi connectivity index (χ3v) is 10.5. The molecule has 0 atom stereocenters. The van der Waals surface area contributed by atoms with Crippen molar-refractivity contribution in [2.75, 3.05) is 72.2 Å². The smallest absolute Gasteiger partial charge is 0.150 e. The van der Waals surface area contributed by atoms with E-state index in [1.807, 2.05) is 12.1 Å². The summed E-state index contributed by atoms with van der Waals surface area (Å²) in [6.07, 6.45) is 4.84. The quantitative estimate of drug-likeness (QED) is 0.0593. The molecule has 0 N–H and O–H groups in total.